The first-order valence-electron chi connectivity index (χ1n) is 9.40. The number of aryl methyl sites for hydroxylation is 1. The Bertz CT molecular complexity index is 978. The topological polar surface area (TPSA) is 43.9 Å². The summed E-state index contributed by atoms with van der Waals surface area (Å²) in [6, 6.07) is 12.5. The van der Waals surface area contributed by atoms with Crippen molar-refractivity contribution in [2.45, 2.75) is 25.4 Å². The molecule has 2 amide bonds. The quantitative estimate of drug-likeness (QED) is 0.698. The molecule has 0 unspecified atom stereocenters. The van der Waals surface area contributed by atoms with Crippen LogP contribution in [0.4, 0.5) is 5.69 Å². The van der Waals surface area contributed by atoms with Crippen LogP contribution in [0.3, 0.4) is 0 Å². The van der Waals surface area contributed by atoms with Crippen molar-refractivity contribution < 1.29 is 9.59 Å². The van der Waals surface area contributed by atoms with Gasteiger partial charge in [-0.25, -0.2) is 14.9 Å². The van der Waals surface area contributed by atoms with E-state index < -0.39 is 12.0 Å². The second-order valence-electron chi connectivity index (χ2n) is 7.62. The number of anilines is 1. The van der Waals surface area contributed by atoms with Crippen molar-refractivity contribution in [3.05, 3.63) is 63.6 Å². The molecule has 0 radical (unpaired) electrons. The Kier molecular flexibility index (Phi) is 4.25. The predicted octanol–water partition coefficient (Wildman–Crippen LogP) is 3.84. The molecule has 2 aromatic rings. The highest BCUT2D eigenvalue weighted by Crippen LogP contribution is 2.49. The molecule has 3 aliphatic heterocycles. The summed E-state index contributed by atoms with van der Waals surface area (Å²) in [6.45, 7) is 3.69. The number of hydrazine groups is 1. The van der Waals surface area contributed by atoms with Crippen LogP contribution in [0.15, 0.2) is 42.5 Å². The lowest BCUT2D eigenvalue weighted by molar-refractivity contribution is -0.126. The minimum absolute atomic E-state index is 0.127. The lowest BCUT2D eigenvalue weighted by atomic mass is 9.89. The Morgan fingerprint density at radius 3 is 2.21 bits per heavy atom. The van der Waals surface area contributed by atoms with Gasteiger partial charge in [-0.05, 0) is 37.1 Å². The minimum atomic E-state index is -0.462. The van der Waals surface area contributed by atoms with Gasteiger partial charge in [-0.1, -0.05) is 53.0 Å². The molecule has 5 nitrogen and oxygen atoms in total. The van der Waals surface area contributed by atoms with E-state index in [2.05, 4.69) is 34.3 Å². The molecule has 3 heterocycles. The molecule has 0 aliphatic carbocycles. The second-order valence-corrected chi connectivity index (χ2v) is 8.43. The fourth-order valence-corrected chi connectivity index (χ4v) is 5.05. The van der Waals surface area contributed by atoms with Crippen LogP contribution < -0.4 is 4.90 Å². The molecular formula is C21H19Cl2N3O2. The first-order valence-corrected chi connectivity index (χ1v) is 10.2. The Morgan fingerprint density at radius 2 is 1.54 bits per heavy atom. The fraction of sp³-hybridized carbons (Fsp3) is 0.333. The van der Waals surface area contributed by atoms with Crippen LogP contribution in [0.25, 0.3) is 0 Å². The zero-order chi connectivity index (χ0) is 19.6. The van der Waals surface area contributed by atoms with Crippen LogP contribution in [-0.2, 0) is 9.59 Å². The fourth-order valence-electron chi connectivity index (χ4n) is 4.76. The molecule has 0 N–H and O–H groups in total. The van der Waals surface area contributed by atoms with Crippen molar-refractivity contribution in [2.75, 3.05) is 18.0 Å². The van der Waals surface area contributed by atoms with Gasteiger partial charge in [-0.2, -0.15) is 0 Å². The van der Waals surface area contributed by atoms with Crippen LogP contribution in [-0.4, -0.2) is 41.0 Å². The van der Waals surface area contributed by atoms with Gasteiger partial charge in [0.05, 0.1) is 27.7 Å². The van der Waals surface area contributed by atoms with E-state index in [1.807, 2.05) is 6.92 Å². The van der Waals surface area contributed by atoms with E-state index in [9.17, 15) is 9.59 Å². The van der Waals surface area contributed by atoms with E-state index in [1.165, 1.54) is 10.5 Å². The molecule has 0 bridgehead atoms. The molecular weight excluding hydrogens is 397 g/mol. The van der Waals surface area contributed by atoms with Gasteiger partial charge >= 0.3 is 0 Å². The van der Waals surface area contributed by atoms with E-state index in [0.29, 0.717) is 15.7 Å². The van der Waals surface area contributed by atoms with E-state index in [-0.39, 0.29) is 17.9 Å². The number of fused-ring (bicyclic) bond motifs is 3. The summed E-state index contributed by atoms with van der Waals surface area (Å²) in [7, 11) is 0. The maximum atomic E-state index is 13.5. The highest BCUT2D eigenvalue weighted by atomic mass is 35.5. The summed E-state index contributed by atoms with van der Waals surface area (Å²) < 4.78 is 0. The molecule has 3 atom stereocenters. The van der Waals surface area contributed by atoms with E-state index in [4.69, 9.17) is 23.2 Å². The third-order valence-corrected chi connectivity index (χ3v) is 6.73. The van der Waals surface area contributed by atoms with E-state index in [1.54, 1.807) is 18.2 Å². The third-order valence-electron chi connectivity index (χ3n) is 5.99. The zero-order valence-corrected chi connectivity index (χ0v) is 16.8. The highest BCUT2D eigenvalue weighted by Gasteiger charge is 2.62. The van der Waals surface area contributed by atoms with Crippen molar-refractivity contribution in [1.82, 2.24) is 10.0 Å². The molecule has 0 saturated carbocycles. The SMILES string of the molecule is Cc1ccc([C@@H]2[C@@H]3C(=O)N(c4ccc(Cl)c(Cl)c4)C(=O)[C@H]3N3CCCN23)cc1. The number of amides is 2. The molecule has 2 aromatic carbocycles. The van der Waals surface area contributed by atoms with Crippen molar-refractivity contribution in [2.24, 2.45) is 5.92 Å². The summed E-state index contributed by atoms with van der Waals surface area (Å²) in [5, 5.41) is 5.03. The number of nitrogens with zero attached hydrogens (tertiary/aromatic N) is 3. The van der Waals surface area contributed by atoms with Crippen LogP contribution >= 0.6 is 23.2 Å². The van der Waals surface area contributed by atoms with E-state index in [0.717, 1.165) is 25.1 Å². The van der Waals surface area contributed by atoms with Crippen LogP contribution in [0.2, 0.25) is 10.0 Å². The molecule has 28 heavy (non-hydrogen) atoms. The van der Waals surface area contributed by atoms with Gasteiger partial charge in [0.1, 0.15) is 6.04 Å². The molecule has 0 spiro atoms. The van der Waals surface area contributed by atoms with Gasteiger partial charge in [0.2, 0.25) is 5.91 Å². The largest absolute Gasteiger partial charge is 0.274 e. The Labute approximate surface area is 173 Å². The van der Waals surface area contributed by atoms with Crippen molar-refractivity contribution in [1.29, 1.82) is 0 Å². The molecule has 3 fully saturated rings. The number of hydrogen-bond donors (Lipinski definition) is 0. The van der Waals surface area contributed by atoms with Crippen LogP contribution in [0, 0.1) is 12.8 Å². The lowest BCUT2D eigenvalue weighted by Crippen LogP contribution is -2.44. The maximum Gasteiger partial charge on any atom is 0.253 e. The van der Waals surface area contributed by atoms with Gasteiger partial charge in [0.25, 0.3) is 5.91 Å². The summed E-state index contributed by atoms with van der Waals surface area (Å²) in [4.78, 5) is 28.1. The van der Waals surface area contributed by atoms with Gasteiger partial charge < -0.3 is 0 Å². The third kappa shape index (κ3) is 2.54. The van der Waals surface area contributed by atoms with E-state index >= 15 is 0 Å². The number of imide groups is 1. The molecule has 5 rings (SSSR count). The minimum Gasteiger partial charge on any atom is -0.274 e. The molecule has 7 heteroatoms. The van der Waals surface area contributed by atoms with Crippen LogP contribution in [0.1, 0.15) is 23.6 Å². The van der Waals surface area contributed by atoms with Gasteiger partial charge in [-0.15, -0.1) is 0 Å². The Balaban J connectivity index is 1.58. The number of carbonyl (C=O) groups excluding carboxylic acids is 2. The number of benzene rings is 2. The second kappa shape index (κ2) is 6.56. The molecule has 144 valence electrons. The first-order chi connectivity index (χ1) is 13.5. The van der Waals surface area contributed by atoms with Crippen LogP contribution in [0.5, 0.6) is 0 Å². The predicted molar refractivity (Wildman–Crippen MR) is 108 cm³/mol. The highest BCUT2D eigenvalue weighted by molar-refractivity contribution is 6.42. The zero-order valence-electron chi connectivity index (χ0n) is 15.3. The van der Waals surface area contributed by atoms with Gasteiger partial charge in [0.15, 0.2) is 0 Å². The maximum absolute atomic E-state index is 13.5. The monoisotopic (exact) mass is 415 g/mol. The average molecular weight is 416 g/mol. The number of hydrogen-bond acceptors (Lipinski definition) is 4. The number of carbonyl (C=O) groups is 2. The van der Waals surface area contributed by atoms with Crippen molar-refractivity contribution in [3.63, 3.8) is 0 Å². The van der Waals surface area contributed by atoms with Gasteiger partial charge in [-0.3, -0.25) is 9.59 Å². The smallest absolute Gasteiger partial charge is 0.253 e. The summed E-state index contributed by atoms with van der Waals surface area (Å²) >= 11 is 12.1. The average Bonchev–Trinajstić information content (AvgIpc) is 3.31. The Morgan fingerprint density at radius 1 is 0.857 bits per heavy atom. The van der Waals surface area contributed by atoms with Crippen molar-refractivity contribution >= 4 is 40.7 Å². The van der Waals surface area contributed by atoms with Crippen molar-refractivity contribution in [3.8, 4) is 0 Å². The Hall–Kier alpha value is -1.92. The molecule has 0 aromatic heterocycles. The summed E-state index contributed by atoms with van der Waals surface area (Å²) in [5.41, 5.74) is 2.72. The first kappa shape index (κ1) is 18.1. The molecule has 3 aliphatic rings. The number of rotatable bonds is 2. The summed E-state index contributed by atoms with van der Waals surface area (Å²) in [6.07, 6.45) is 0.986. The van der Waals surface area contributed by atoms with Gasteiger partial charge in [0, 0.05) is 13.1 Å². The number of halogens is 2. The standard InChI is InChI=1S/C21H19Cl2N3O2/c1-12-3-5-13(6-4-12)18-17-19(25-10-2-9-24(18)25)21(28)26(20(17)27)14-7-8-15(22)16(23)11-14/h3-8,11,17-19H,2,9-10H2,1H3/t17-,18+,19-/m0/s1. The molecule has 3 saturated heterocycles. The summed E-state index contributed by atoms with van der Waals surface area (Å²) in [5.74, 6) is -0.784. The normalized spacial score (nSPS) is 27.5. The lowest BCUT2D eigenvalue weighted by Gasteiger charge is -2.29.